The SMILES string of the molecule is COc1cc(Cl)c(CO)cc1C(F)(F)F. The Morgan fingerprint density at radius 1 is 1.40 bits per heavy atom. The third-order valence-corrected chi connectivity index (χ3v) is 2.20. The largest absolute Gasteiger partial charge is 0.496 e. The van der Waals surface area contributed by atoms with Crippen LogP contribution in [0, 0.1) is 0 Å². The van der Waals surface area contributed by atoms with Gasteiger partial charge in [0.15, 0.2) is 0 Å². The summed E-state index contributed by atoms with van der Waals surface area (Å²) in [6.45, 7) is -0.550. The molecule has 2 nitrogen and oxygen atoms in total. The average molecular weight is 241 g/mol. The first-order valence-electron chi connectivity index (χ1n) is 3.94. The van der Waals surface area contributed by atoms with E-state index in [1.165, 1.54) is 0 Å². The zero-order valence-corrected chi connectivity index (χ0v) is 8.49. The summed E-state index contributed by atoms with van der Waals surface area (Å²) >= 11 is 5.62. The molecule has 0 saturated heterocycles. The topological polar surface area (TPSA) is 29.5 Å². The van der Waals surface area contributed by atoms with Crippen molar-refractivity contribution < 1.29 is 23.0 Å². The summed E-state index contributed by atoms with van der Waals surface area (Å²) in [4.78, 5) is 0. The first-order valence-corrected chi connectivity index (χ1v) is 4.32. The summed E-state index contributed by atoms with van der Waals surface area (Å²) in [7, 11) is 1.12. The van der Waals surface area contributed by atoms with Gasteiger partial charge < -0.3 is 9.84 Å². The van der Waals surface area contributed by atoms with Crippen molar-refractivity contribution in [3.05, 3.63) is 28.3 Å². The van der Waals surface area contributed by atoms with Crippen LogP contribution in [-0.2, 0) is 12.8 Å². The number of benzene rings is 1. The molecule has 6 heteroatoms. The monoisotopic (exact) mass is 240 g/mol. The standard InChI is InChI=1S/C9H8ClF3O2/c1-15-8-3-7(10)5(4-14)2-6(8)9(11,12)13/h2-3,14H,4H2,1H3. The highest BCUT2D eigenvalue weighted by Gasteiger charge is 2.35. The molecule has 1 aromatic rings. The number of methoxy groups -OCH3 is 1. The highest BCUT2D eigenvalue weighted by atomic mass is 35.5. The molecule has 84 valence electrons. The Bertz CT molecular complexity index is 363. The van der Waals surface area contributed by atoms with Gasteiger partial charge in [-0.05, 0) is 17.7 Å². The summed E-state index contributed by atoms with van der Waals surface area (Å²) in [5.74, 6) is -0.357. The van der Waals surface area contributed by atoms with Gasteiger partial charge in [0.1, 0.15) is 5.75 Å². The molecule has 1 rings (SSSR count). The molecular weight excluding hydrogens is 233 g/mol. The van der Waals surface area contributed by atoms with Crippen LogP contribution in [0.2, 0.25) is 5.02 Å². The quantitative estimate of drug-likeness (QED) is 0.861. The fraction of sp³-hybridized carbons (Fsp3) is 0.333. The lowest BCUT2D eigenvalue weighted by molar-refractivity contribution is -0.138. The van der Waals surface area contributed by atoms with Crippen molar-refractivity contribution >= 4 is 11.6 Å². The van der Waals surface area contributed by atoms with Crippen LogP contribution in [0.4, 0.5) is 13.2 Å². The molecule has 0 amide bonds. The maximum Gasteiger partial charge on any atom is 0.419 e. The molecule has 0 spiro atoms. The second-order valence-corrected chi connectivity index (χ2v) is 3.21. The highest BCUT2D eigenvalue weighted by Crippen LogP contribution is 2.38. The van der Waals surface area contributed by atoms with Gasteiger partial charge in [0.25, 0.3) is 0 Å². The van der Waals surface area contributed by atoms with E-state index < -0.39 is 18.3 Å². The van der Waals surface area contributed by atoms with Gasteiger partial charge in [0, 0.05) is 5.02 Å². The zero-order valence-electron chi connectivity index (χ0n) is 7.73. The van der Waals surface area contributed by atoms with E-state index in [2.05, 4.69) is 4.74 Å². The van der Waals surface area contributed by atoms with E-state index in [0.717, 1.165) is 19.2 Å². The average Bonchev–Trinajstić information content (AvgIpc) is 2.15. The van der Waals surface area contributed by atoms with Gasteiger partial charge in [-0.2, -0.15) is 13.2 Å². The molecule has 15 heavy (non-hydrogen) atoms. The second kappa shape index (κ2) is 4.28. The second-order valence-electron chi connectivity index (χ2n) is 2.80. The minimum absolute atomic E-state index is 0.0183. The summed E-state index contributed by atoms with van der Waals surface area (Å²) in [5, 5.41) is 8.82. The predicted molar refractivity (Wildman–Crippen MR) is 48.9 cm³/mol. The van der Waals surface area contributed by atoms with Crippen molar-refractivity contribution in [2.24, 2.45) is 0 Å². The van der Waals surface area contributed by atoms with Crippen LogP contribution in [0.25, 0.3) is 0 Å². The molecular formula is C9H8ClF3O2. The van der Waals surface area contributed by atoms with Crippen molar-refractivity contribution in [2.45, 2.75) is 12.8 Å². The summed E-state index contributed by atoms with van der Waals surface area (Å²) < 4.78 is 42.0. The lowest BCUT2D eigenvalue weighted by Gasteiger charge is -2.13. The number of ether oxygens (including phenoxy) is 1. The Labute approximate surface area is 89.2 Å². The fourth-order valence-corrected chi connectivity index (χ4v) is 1.32. The van der Waals surface area contributed by atoms with Gasteiger partial charge in [-0.1, -0.05) is 11.6 Å². The highest BCUT2D eigenvalue weighted by molar-refractivity contribution is 6.31. The van der Waals surface area contributed by atoms with E-state index in [4.69, 9.17) is 16.7 Å². The van der Waals surface area contributed by atoms with Crippen molar-refractivity contribution in [3.63, 3.8) is 0 Å². The van der Waals surface area contributed by atoms with Crippen LogP contribution in [0.5, 0.6) is 5.75 Å². The van der Waals surface area contributed by atoms with Crippen LogP contribution >= 0.6 is 11.6 Å². The molecule has 0 aliphatic carbocycles. The van der Waals surface area contributed by atoms with Crippen LogP contribution in [-0.4, -0.2) is 12.2 Å². The van der Waals surface area contributed by atoms with E-state index in [0.29, 0.717) is 0 Å². The minimum Gasteiger partial charge on any atom is -0.496 e. The number of rotatable bonds is 2. The summed E-state index contributed by atoms with van der Waals surface area (Å²) in [6, 6.07) is 1.82. The van der Waals surface area contributed by atoms with Gasteiger partial charge in [-0.3, -0.25) is 0 Å². The number of hydrogen-bond acceptors (Lipinski definition) is 2. The Balaban J connectivity index is 3.36. The molecule has 0 unspecified atom stereocenters. The molecule has 0 radical (unpaired) electrons. The first kappa shape index (κ1) is 12.1. The molecule has 0 bridgehead atoms. The lowest BCUT2D eigenvalue weighted by atomic mass is 10.1. The van der Waals surface area contributed by atoms with Crippen molar-refractivity contribution in [1.29, 1.82) is 0 Å². The van der Waals surface area contributed by atoms with Crippen molar-refractivity contribution in [3.8, 4) is 5.75 Å². The minimum atomic E-state index is -4.53. The zero-order chi connectivity index (χ0) is 11.6. The normalized spacial score (nSPS) is 11.6. The Morgan fingerprint density at radius 3 is 2.40 bits per heavy atom. The molecule has 0 aromatic heterocycles. The number of aliphatic hydroxyl groups is 1. The van der Waals surface area contributed by atoms with Crippen LogP contribution in [0.1, 0.15) is 11.1 Å². The molecule has 1 N–H and O–H groups in total. The number of aliphatic hydroxyl groups excluding tert-OH is 1. The summed E-state index contributed by atoms with van der Waals surface area (Å²) in [5.41, 5.74) is -0.928. The molecule has 0 saturated carbocycles. The van der Waals surface area contributed by atoms with Crippen LogP contribution < -0.4 is 4.74 Å². The van der Waals surface area contributed by atoms with E-state index in [1.807, 2.05) is 0 Å². The van der Waals surface area contributed by atoms with Crippen LogP contribution in [0.15, 0.2) is 12.1 Å². The van der Waals surface area contributed by atoms with Gasteiger partial charge in [0.05, 0.1) is 19.3 Å². The van der Waals surface area contributed by atoms with E-state index in [1.54, 1.807) is 0 Å². The Kier molecular flexibility index (Phi) is 3.46. The Morgan fingerprint density at radius 2 is 2.00 bits per heavy atom. The maximum absolute atomic E-state index is 12.5. The predicted octanol–water partition coefficient (Wildman–Crippen LogP) is 2.86. The first-order chi connectivity index (χ1) is 6.90. The Hall–Kier alpha value is -0.940. The number of halogens is 4. The van der Waals surface area contributed by atoms with Gasteiger partial charge in [-0.15, -0.1) is 0 Å². The number of alkyl halides is 3. The van der Waals surface area contributed by atoms with E-state index >= 15 is 0 Å². The third-order valence-electron chi connectivity index (χ3n) is 1.84. The third kappa shape index (κ3) is 2.54. The molecule has 0 fully saturated rings. The molecule has 0 atom stereocenters. The molecule has 0 heterocycles. The number of hydrogen-bond donors (Lipinski definition) is 1. The van der Waals surface area contributed by atoms with Gasteiger partial charge >= 0.3 is 6.18 Å². The van der Waals surface area contributed by atoms with Crippen molar-refractivity contribution in [1.82, 2.24) is 0 Å². The van der Waals surface area contributed by atoms with Gasteiger partial charge in [0.2, 0.25) is 0 Å². The maximum atomic E-state index is 12.5. The molecule has 0 aliphatic rings. The van der Waals surface area contributed by atoms with E-state index in [-0.39, 0.29) is 16.3 Å². The smallest absolute Gasteiger partial charge is 0.419 e. The summed E-state index contributed by atoms with van der Waals surface area (Å²) in [6.07, 6.45) is -4.53. The van der Waals surface area contributed by atoms with Crippen molar-refractivity contribution in [2.75, 3.05) is 7.11 Å². The van der Waals surface area contributed by atoms with E-state index in [9.17, 15) is 13.2 Å². The molecule has 0 aliphatic heterocycles. The molecule has 1 aromatic carbocycles. The fourth-order valence-electron chi connectivity index (χ4n) is 1.11. The van der Waals surface area contributed by atoms with Gasteiger partial charge in [-0.25, -0.2) is 0 Å². The van der Waals surface area contributed by atoms with Crippen LogP contribution in [0.3, 0.4) is 0 Å². The lowest BCUT2D eigenvalue weighted by Crippen LogP contribution is -2.08.